The molecular weight excluding hydrogens is 424 g/mol. The topological polar surface area (TPSA) is 51.7 Å². The molecule has 0 saturated carbocycles. The van der Waals surface area contributed by atoms with Crippen LogP contribution in [-0.2, 0) is 9.16 Å². The summed E-state index contributed by atoms with van der Waals surface area (Å²) in [4.78, 5) is 18.6. The van der Waals surface area contributed by atoms with Gasteiger partial charge in [-0.05, 0) is 72.5 Å². The van der Waals surface area contributed by atoms with Crippen LogP contribution in [0, 0.1) is 0 Å². The highest BCUT2D eigenvalue weighted by atomic mass is 79.9. The number of rotatable bonds is 6. The van der Waals surface area contributed by atoms with E-state index in [9.17, 15) is 4.79 Å². The third-order valence-corrected chi connectivity index (χ3v) is 9.53. The fourth-order valence-electron chi connectivity index (χ4n) is 1.89. The zero-order valence-electron chi connectivity index (χ0n) is 17.9. The van der Waals surface area contributed by atoms with Crippen LogP contribution >= 0.6 is 15.9 Å². The zero-order valence-corrected chi connectivity index (χ0v) is 20.4. The van der Waals surface area contributed by atoms with E-state index in [0.717, 1.165) is 5.57 Å². The van der Waals surface area contributed by atoms with Gasteiger partial charge in [0.2, 0.25) is 0 Å². The Morgan fingerprint density at radius 2 is 1.85 bits per heavy atom. The second-order valence-electron chi connectivity index (χ2n) is 9.17. The Bertz CT molecular complexity index is 679. The molecule has 1 amide bonds. The van der Waals surface area contributed by atoms with Crippen LogP contribution in [0.2, 0.25) is 18.1 Å². The van der Waals surface area contributed by atoms with Crippen LogP contribution in [-0.4, -0.2) is 38.1 Å². The molecule has 1 aromatic heterocycles. The number of nitrogens with zero attached hydrogens (tertiary/aromatic N) is 2. The van der Waals surface area contributed by atoms with Crippen LogP contribution in [0.15, 0.2) is 35.0 Å². The summed E-state index contributed by atoms with van der Waals surface area (Å²) in [6, 6.07) is 3.64. The van der Waals surface area contributed by atoms with Gasteiger partial charge in [0.25, 0.3) is 0 Å². The van der Waals surface area contributed by atoms with Crippen LogP contribution in [0.4, 0.5) is 10.6 Å². The Balaban J connectivity index is 2.97. The molecule has 0 unspecified atom stereocenters. The Kier molecular flexibility index (Phi) is 7.85. The van der Waals surface area contributed by atoms with Crippen molar-refractivity contribution in [1.29, 1.82) is 0 Å². The van der Waals surface area contributed by atoms with Crippen LogP contribution in [0.25, 0.3) is 0 Å². The van der Waals surface area contributed by atoms with Gasteiger partial charge in [-0.15, -0.1) is 0 Å². The third kappa shape index (κ3) is 7.39. The quantitative estimate of drug-likeness (QED) is 0.379. The fraction of sp³-hybridized carbons (Fsp3) is 0.600. The van der Waals surface area contributed by atoms with E-state index in [1.807, 2.05) is 26.8 Å². The lowest BCUT2D eigenvalue weighted by Gasteiger charge is -2.36. The molecule has 0 aliphatic heterocycles. The summed E-state index contributed by atoms with van der Waals surface area (Å²) in [5.74, 6) is 0.500. The van der Waals surface area contributed by atoms with Crippen molar-refractivity contribution in [2.24, 2.45) is 0 Å². The van der Waals surface area contributed by atoms with Crippen molar-refractivity contribution < 1.29 is 14.0 Å². The van der Waals surface area contributed by atoms with Crippen LogP contribution in [0.5, 0.6) is 0 Å². The Morgan fingerprint density at radius 3 is 2.33 bits per heavy atom. The molecule has 7 heteroatoms. The number of halogens is 1. The molecule has 0 aliphatic rings. The molecule has 0 N–H and O–H groups in total. The van der Waals surface area contributed by atoms with Crippen molar-refractivity contribution in [3.63, 3.8) is 0 Å². The second kappa shape index (κ2) is 8.88. The molecule has 0 aromatic carbocycles. The molecular formula is C20H33BrN2O3Si. The molecule has 1 rings (SSSR count). The van der Waals surface area contributed by atoms with Gasteiger partial charge >= 0.3 is 6.09 Å². The minimum atomic E-state index is -1.89. The molecule has 0 radical (unpaired) electrons. The lowest BCUT2D eigenvalue weighted by atomic mass is 10.2. The Morgan fingerprint density at radius 1 is 1.26 bits per heavy atom. The molecule has 1 aromatic rings. The number of aromatic nitrogens is 1. The lowest BCUT2D eigenvalue weighted by Crippen LogP contribution is -2.42. The minimum Gasteiger partial charge on any atom is -0.443 e. The highest BCUT2D eigenvalue weighted by Gasteiger charge is 2.37. The lowest BCUT2D eigenvalue weighted by molar-refractivity contribution is 0.0581. The molecule has 0 bridgehead atoms. The maximum Gasteiger partial charge on any atom is 0.416 e. The van der Waals surface area contributed by atoms with E-state index in [2.05, 4.69) is 61.4 Å². The first kappa shape index (κ1) is 23.9. The second-order valence-corrected chi connectivity index (χ2v) is 14.8. The Hall–Kier alpha value is -1.18. The number of hydrogen-bond acceptors (Lipinski definition) is 4. The summed E-state index contributed by atoms with van der Waals surface area (Å²) < 4.78 is 12.5. The number of amides is 1. The van der Waals surface area contributed by atoms with Crippen molar-refractivity contribution in [2.75, 3.05) is 18.1 Å². The van der Waals surface area contributed by atoms with E-state index < -0.39 is 20.0 Å². The van der Waals surface area contributed by atoms with Gasteiger partial charge in [-0.1, -0.05) is 27.4 Å². The maximum atomic E-state index is 12.8. The van der Waals surface area contributed by atoms with Crippen molar-refractivity contribution in [3.05, 3.63) is 35.0 Å². The van der Waals surface area contributed by atoms with E-state index in [1.165, 1.54) is 4.90 Å². The van der Waals surface area contributed by atoms with Crippen molar-refractivity contribution in [3.8, 4) is 0 Å². The van der Waals surface area contributed by atoms with Gasteiger partial charge in [0, 0.05) is 6.20 Å². The fourth-order valence-corrected chi connectivity index (χ4v) is 3.35. The monoisotopic (exact) mass is 456 g/mol. The van der Waals surface area contributed by atoms with E-state index in [-0.39, 0.29) is 11.6 Å². The number of carbonyl (C=O) groups is 1. The van der Waals surface area contributed by atoms with Gasteiger partial charge in [0.15, 0.2) is 14.1 Å². The molecule has 5 nitrogen and oxygen atoms in total. The highest BCUT2D eigenvalue weighted by Crippen LogP contribution is 2.36. The first-order chi connectivity index (χ1) is 12.1. The minimum absolute atomic E-state index is 0.113. The summed E-state index contributed by atoms with van der Waals surface area (Å²) in [5.41, 5.74) is 0.193. The molecule has 1 heterocycles. The van der Waals surface area contributed by atoms with Gasteiger partial charge in [-0.25, -0.2) is 9.78 Å². The summed E-state index contributed by atoms with van der Waals surface area (Å²) >= 11 is 3.47. The molecule has 0 saturated heterocycles. The highest BCUT2D eigenvalue weighted by molar-refractivity contribution is 9.10. The average molecular weight is 457 g/mol. The average Bonchev–Trinajstić information content (AvgIpc) is 2.48. The van der Waals surface area contributed by atoms with Crippen molar-refractivity contribution in [1.82, 2.24) is 4.98 Å². The van der Waals surface area contributed by atoms with Gasteiger partial charge in [-0.2, -0.15) is 0 Å². The van der Waals surface area contributed by atoms with Crippen molar-refractivity contribution >= 4 is 36.2 Å². The number of hydrogen-bond donors (Lipinski definition) is 0. The maximum absolute atomic E-state index is 12.8. The first-order valence-electron chi connectivity index (χ1n) is 9.06. The predicted molar refractivity (Wildman–Crippen MR) is 118 cm³/mol. The summed E-state index contributed by atoms with van der Waals surface area (Å²) in [6.45, 7) is 21.3. The van der Waals surface area contributed by atoms with Gasteiger partial charge < -0.3 is 9.16 Å². The largest absolute Gasteiger partial charge is 0.443 e. The zero-order chi connectivity index (χ0) is 21.0. The molecule has 0 fully saturated rings. The molecule has 0 atom stereocenters. The number of ether oxygens (including phenoxy) is 1. The summed E-state index contributed by atoms with van der Waals surface area (Å²) in [5, 5.41) is 0.113. The van der Waals surface area contributed by atoms with E-state index in [0.29, 0.717) is 16.9 Å². The number of pyridine rings is 1. The number of carbonyl (C=O) groups excluding carboxylic acids is 1. The molecule has 27 heavy (non-hydrogen) atoms. The molecule has 152 valence electrons. The van der Waals surface area contributed by atoms with Crippen LogP contribution < -0.4 is 4.90 Å². The summed E-state index contributed by atoms with van der Waals surface area (Å²) in [6.07, 6.45) is 1.18. The van der Waals surface area contributed by atoms with Crippen LogP contribution in [0.3, 0.4) is 0 Å². The van der Waals surface area contributed by atoms with Crippen molar-refractivity contribution in [2.45, 2.75) is 65.3 Å². The van der Waals surface area contributed by atoms with E-state index >= 15 is 0 Å². The normalized spacial score (nSPS) is 12.6. The van der Waals surface area contributed by atoms with E-state index in [4.69, 9.17) is 9.16 Å². The van der Waals surface area contributed by atoms with Gasteiger partial charge in [0.1, 0.15) is 5.60 Å². The smallest absolute Gasteiger partial charge is 0.416 e. The third-order valence-electron chi connectivity index (χ3n) is 4.43. The first-order valence-corrected chi connectivity index (χ1v) is 12.8. The molecule has 0 aliphatic carbocycles. The SMILES string of the molecule is C=C(CO[Si](C)(C)C(C)(C)C)CN(C(=O)OC(C)(C)C)c1ncccc1Br. The summed E-state index contributed by atoms with van der Waals surface area (Å²) in [7, 11) is -1.89. The Labute approximate surface area is 173 Å². The predicted octanol–water partition coefficient (Wildman–Crippen LogP) is 6.16. The van der Waals surface area contributed by atoms with E-state index in [1.54, 1.807) is 12.3 Å². The van der Waals surface area contributed by atoms with Crippen LogP contribution in [0.1, 0.15) is 41.5 Å². The standard InChI is InChI=1S/C20H33BrN2O3Si/c1-15(14-25-27(8,9)20(5,6)7)13-23(18(24)26-19(2,3)4)17-16(21)11-10-12-22-17/h10-12H,1,13-14H2,2-9H3. The van der Waals surface area contributed by atoms with Gasteiger partial charge in [-0.3, -0.25) is 4.90 Å². The van der Waals surface area contributed by atoms with Gasteiger partial charge in [0.05, 0.1) is 17.6 Å². The molecule has 0 spiro atoms. The number of anilines is 1.